The molecule has 0 N–H and O–H groups in total. The van der Waals surface area contributed by atoms with Gasteiger partial charge in [0.25, 0.3) is 0 Å². The first-order valence-electron chi connectivity index (χ1n) is 7.28. The van der Waals surface area contributed by atoms with E-state index in [2.05, 4.69) is 79.2 Å². The molecular formula is C17H21NSi2. The van der Waals surface area contributed by atoms with Crippen molar-refractivity contribution in [1.29, 1.82) is 0 Å². The van der Waals surface area contributed by atoms with Gasteiger partial charge in [0.2, 0.25) is 0 Å². The fourth-order valence-corrected chi connectivity index (χ4v) is 9.78. The Morgan fingerprint density at radius 2 is 1.70 bits per heavy atom. The molecule has 20 heavy (non-hydrogen) atoms. The highest BCUT2D eigenvalue weighted by Crippen LogP contribution is 2.35. The molecular weight excluding hydrogens is 274 g/mol. The summed E-state index contributed by atoms with van der Waals surface area (Å²) in [5, 5.41) is 3.09. The van der Waals surface area contributed by atoms with E-state index in [1.54, 1.807) is 5.19 Å². The van der Waals surface area contributed by atoms with Crippen LogP contribution in [-0.4, -0.2) is 28.7 Å². The van der Waals surface area contributed by atoms with E-state index in [4.69, 9.17) is 0 Å². The molecule has 0 spiro atoms. The smallest absolute Gasteiger partial charge is 0.175 e. The molecule has 1 aliphatic rings. The van der Waals surface area contributed by atoms with Crippen molar-refractivity contribution in [3.8, 4) is 0 Å². The summed E-state index contributed by atoms with van der Waals surface area (Å²) >= 11 is 0. The van der Waals surface area contributed by atoms with Gasteiger partial charge >= 0.3 is 0 Å². The highest BCUT2D eigenvalue weighted by molar-refractivity contribution is 6.96. The molecule has 1 saturated heterocycles. The van der Waals surface area contributed by atoms with Gasteiger partial charge in [-0.25, -0.2) is 0 Å². The van der Waals surface area contributed by atoms with Gasteiger partial charge in [-0.15, -0.1) is 0 Å². The Balaban J connectivity index is 1.87. The number of benzene rings is 2. The predicted molar refractivity (Wildman–Crippen MR) is 90.4 cm³/mol. The molecule has 1 aliphatic heterocycles. The molecule has 2 aromatic carbocycles. The molecule has 0 aromatic heterocycles. The molecule has 1 fully saturated rings. The highest BCUT2D eigenvalue weighted by Gasteiger charge is 2.50. The van der Waals surface area contributed by atoms with Gasteiger partial charge in [0.15, 0.2) is 17.9 Å². The number of rotatable bonds is 3. The van der Waals surface area contributed by atoms with Gasteiger partial charge in [-0.3, -0.25) is 0 Å². The van der Waals surface area contributed by atoms with Crippen LogP contribution < -0.4 is 10.4 Å². The third-order valence-corrected chi connectivity index (χ3v) is 12.6. The van der Waals surface area contributed by atoms with Gasteiger partial charge in [-0.2, -0.15) is 0 Å². The summed E-state index contributed by atoms with van der Waals surface area (Å²) in [6.45, 7) is 8.44. The minimum absolute atomic E-state index is 0.822. The van der Waals surface area contributed by atoms with E-state index in [0.29, 0.717) is 0 Å². The van der Waals surface area contributed by atoms with Crippen LogP contribution in [0.2, 0.25) is 12.1 Å². The maximum Gasteiger partial charge on any atom is 0.175 e. The summed E-state index contributed by atoms with van der Waals surface area (Å²) in [5.41, 5.74) is 2.27. The topological polar surface area (TPSA) is 3.24 Å². The fraction of sp³-hybridized carbons (Fsp3) is 0.294. The van der Waals surface area contributed by atoms with Crippen LogP contribution in [0.15, 0.2) is 54.6 Å². The molecule has 2 unspecified atom stereocenters. The predicted octanol–water partition coefficient (Wildman–Crippen LogP) is 2.43. The van der Waals surface area contributed by atoms with Gasteiger partial charge in [0, 0.05) is 0 Å². The van der Waals surface area contributed by atoms with Crippen LogP contribution in [0.1, 0.15) is 12.5 Å². The van der Waals surface area contributed by atoms with Crippen molar-refractivity contribution in [1.82, 2.24) is 4.23 Å². The van der Waals surface area contributed by atoms with E-state index >= 15 is 0 Å². The monoisotopic (exact) mass is 295 g/mol. The van der Waals surface area contributed by atoms with Gasteiger partial charge in [0.05, 0.1) is 0 Å². The van der Waals surface area contributed by atoms with Gasteiger partial charge in [-0.1, -0.05) is 73.6 Å². The minimum Gasteiger partial charge on any atom is -0.340 e. The lowest BCUT2D eigenvalue weighted by atomic mass is 10.2. The zero-order valence-electron chi connectivity index (χ0n) is 12.4. The summed E-state index contributed by atoms with van der Waals surface area (Å²) in [5.74, 6) is 0. The molecule has 2 radical (unpaired) electrons. The molecule has 102 valence electrons. The largest absolute Gasteiger partial charge is 0.340 e. The van der Waals surface area contributed by atoms with Crippen molar-refractivity contribution < 1.29 is 0 Å². The van der Waals surface area contributed by atoms with Crippen LogP contribution in [0.25, 0.3) is 0 Å². The SMILES string of the molecule is Cc1ccccc1[Si]N1CC(C)[Si]1(C)c1ccccc1. The first-order valence-corrected chi connectivity index (χ1v) is 10.7. The first-order chi connectivity index (χ1) is 9.62. The molecule has 0 bridgehead atoms. The second-order valence-corrected chi connectivity index (χ2v) is 12.1. The van der Waals surface area contributed by atoms with E-state index < -0.39 is 8.24 Å². The van der Waals surface area contributed by atoms with Crippen LogP contribution in [0.4, 0.5) is 0 Å². The van der Waals surface area contributed by atoms with Crippen molar-refractivity contribution in [2.75, 3.05) is 6.54 Å². The average molecular weight is 296 g/mol. The van der Waals surface area contributed by atoms with Crippen LogP contribution in [0, 0.1) is 6.92 Å². The van der Waals surface area contributed by atoms with Gasteiger partial charge in [0.1, 0.15) is 0 Å². The lowest BCUT2D eigenvalue weighted by Gasteiger charge is -2.55. The Morgan fingerprint density at radius 3 is 2.35 bits per heavy atom. The van der Waals surface area contributed by atoms with Crippen molar-refractivity contribution in [3.63, 3.8) is 0 Å². The molecule has 1 nitrogen and oxygen atoms in total. The third kappa shape index (κ3) is 2.20. The quantitative estimate of drug-likeness (QED) is 0.786. The molecule has 0 saturated carbocycles. The van der Waals surface area contributed by atoms with E-state index in [1.807, 2.05) is 0 Å². The van der Waals surface area contributed by atoms with Crippen LogP contribution in [0.5, 0.6) is 0 Å². The lowest BCUT2D eigenvalue weighted by molar-refractivity contribution is 0.516. The average Bonchev–Trinajstić information content (AvgIpc) is 2.49. The maximum absolute atomic E-state index is 2.77. The number of hydrogen-bond donors (Lipinski definition) is 0. The summed E-state index contributed by atoms with van der Waals surface area (Å²) in [6.07, 6.45) is 0. The Bertz CT molecular complexity index is 599. The highest BCUT2D eigenvalue weighted by atomic mass is 28.4. The summed E-state index contributed by atoms with van der Waals surface area (Å²) < 4.78 is 2.77. The molecule has 2 aromatic rings. The molecule has 1 heterocycles. The minimum atomic E-state index is -1.47. The second kappa shape index (κ2) is 5.32. The summed E-state index contributed by atoms with van der Waals surface area (Å²) in [7, 11) is -0.644. The fourth-order valence-electron chi connectivity index (χ4n) is 3.02. The molecule has 0 amide bonds. The molecule has 3 rings (SSSR count). The van der Waals surface area contributed by atoms with E-state index in [-0.39, 0.29) is 0 Å². The third-order valence-electron chi connectivity index (χ3n) is 4.74. The summed E-state index contributed by atoms with van der Waals surface area (Å²) in [4.78, 5) is 0. The van der Waals surface area contributed by atoms with E-state index in [0.717, 1.165) is 15.2 Å². The van der Waals surface area contributed by atoms with Gasteiger partial charge < -0.3 is 4.23 Å². The normalized spacial score (nSPS) is 26.2. The molecule has 2 atom stereocenters. The second-order valence-electron chi connectivity index (χ2n) is 5.95. The Hall–Kier alpha value is -1.17. The zero-order chi connectivity index (χ0) is 14.2. The van der Waals surface area contributed by atoms with E-state index in [1.165, 1.54) is 17.3 Å². The first kappa shape index (κ1) is 13.8. The van der Waals surface area contributed by atoms with Crippen molar-refractivity contribution in [2.24, 2.45) is 0 Å². The van der Waals surface area contributed by atoms with Crippen molar-refractivity contribution in [2.45, 2.75) is 25.9 Å². The van der Waals surface area contributed by atoms with Crippen LogP contribution in [0.3, 0.4) is 0 Å². The molecule has 0 aliphatic carbocycles. The summed E-state index contributed by atoms with van der Waals surface area (Å²) in [6, 6.07) is 20.0. The Kier molecular flexibility index (Phi) is 3.67. The Labute approximate surface area is 125 Å². The lowest BCUT2D eigenvalue weighted by Crippen LogP contribution is -2.75. The van der Waals surface area contributed by atoms with Crippen LogP contribution >= 0.6 is 0 Å². The van der Waals surface area contributed by atoms with Crippen LogP contribution in [-0.2, 0) is 0 Å². The van der Waals surface area contributed by atoms with E-state index in [9.17, 15) is 0 Å². The number of nitrogens with zero attached hydrogens (tertiary/aromatic N) is 1. The van der Waals surface area contributed by atoms with Crippen molar-refractivity contribution >= 4 is 28.3 Å². The zero-order valence-corrected chi connectivity index (χ0v) is 14.4. The standard InChI is InChI=1S/C17H21NSi2/c1-14-9-7-8-12-17(14)19-18-13-15(2)20(18,3)16-10-5-4-6-11-16/h4-12,15H,13H2,1-3H3. The molecule has 3 heteroatoms. The Morgan fingerprint density at radius 1 is 1.05 bits per heavy atom. The maximum atomic E-state index is 2.77. The van der Waals surface area contributed by atoms with Crippen molar-refractivity contribution in [3.05, 3.63) is 60.2 Å². The number of aryl methyl sites for hydroxylation is 1. The number of hydrogen-bond acceptors (Lipinski definition) is 1. The van der Waals surface area contributed by atoms with Gasteiger partial charge in [-0.05, 0) is 29.4 Å².